The molecule has 0 spiro atoms. The lowest BCUT2D eigenvalue weighted by molar-refractivity contribution is 0.300. The smallest absolute Gasteiger partial charge is 0.121 e. The highest BCUT2D eigenvalue weighted by molar-refractivity contribution is 7.12. The number of nitrogens with one attached hydrogen (secondary N) is 1. The molecule has 2 rings (SSSR count). The van der Waals surface area contributed by atoms with Crippen LogP contribution in [-0.4, -0.2) is 10.3 Å². The maximum atomic E-state index is 4.67. The average Bonchev–Trinajstić information content (AvgIpc) is 2.81. The van der Waals surface area contributed by atoms with Gasteiger partial charge in [0.1, 0.15) is 11.4 Å². The second-order valence-electron chi connectivity index (χ2n) is 4.27. The van der Waals surface area contributed by atoms with Crippen LogP contribution in [-0.2, 0) is 6.54 Å². The molecule has 1 N–H and O–H groups in total. The third-order valence-electron chi connectivity index (χ3n) is 2.87. The number of rotatable bonds is 4. The van der Waals surface area contributed by atoms with E-state index in [9.17, 15) is 0 Å². The molecule has 4 nitrogen and oxygen atoms in total. The molecular formula is C12H17N3OS. The Hall–Kier alpha value is -1.20. The van der Waals surface area contributed by atoms with Crippen LogP contribution in [0.4, 0.5) is 0 Å². The van der Waals surface area contributed by atoms with E-state index in [1.807, 2.05) is 18.3 Å². The van der Waals surface area contributed by atoms with E-state index in [2.05, 4.69) is 47.1 Å². The quantitative estimate of drug-likeness (QED) is 0.907. The molecule has 0 saturated carbocycles. The molecule has 0 aliphatic rings. The first-order valence-electron chi connectivity index (χ1n) is 5.66. The fourth-order valence-electron chi connectivity index (χ4n) is 1.85. The Labute approximate surface area is 105 Å². The number of nitrogens with zero attached hydrogens (tertiary/aromatic N) is 2. The molecule has 0 amide bonds. The van der Waals surface area contributed by atoms with Gasteiger partial charge in [-0.15, -0.1) is 11.3 Å². The molecule has 0 bridgehead atoms. The zero-order valence-corrected chi connectivity index (χ0v) is 11.4. The molecule has 92 valence electrons. The van der Waals surface area contributed by atoms with Gasteiger partial charge in [-0.2, -0.15) is 0 Å². The van der Waals surface area contributed by atoms with Crippen LogP contribution in [0.2, 0.25) is 0 Å². The van der Waals surface area contributed by atoms with Crippen LogP contribution in [0.3, 0.4) is 0 Å². The van der Waals surface area contributed by atoms with Crippen LogP contribution < -0.4 is 5.32 Å². The summed E-state index contributed by atoms with van der Waals surface area (Å²) in [5.74, 6) is 0. The Kier molecular flexibility index (Phi) is 3.59. The summed E-state index contributed by atoms with van der Waals surface area (Å²) in [6, 6.07) is 2.56. The molecule has 2 heterocycles. The highest BCUT2D eigenvalue weighted by Crippen LogP contribution is 2.26. The van der Waals surface area contributed by atoms with Gasteiger partial charge >= 0.3 is 0 Å². The molecule has 0 saturated heterocycles. The van der Waals surface area contributed by atoms with Crippen molar-refractivity contribution in [3.8, 4) is 0 Å². The van der Waals surface area contributed by atoms with Crippen LogP contribution in [0.25, 0.3) is 0 Å². The maximum Gasteiger partial charge on any atom is 0.121 e. The van der Waals surface area contributed by atoms with Crippen molar-refractivity contribution < 1.29 is 4.63 Å². The molecule has 2 aromatic heterocycles. The van der Waals surface area contributed by atoms with E-state index >= 15 is 0 Å². The second-order valence-corrected chi connectivity index (χ2v) is 5.73. The molecule has 0 unspecified atom stereocenters. The van der Waals surface area contributed by atoms with E-state index in [0.717, 1.165) is 11.4 Å². The Morgan fingerprint density at radius 1 is 1.35 bits per heavy atom. The summed E-state index contributed by atoms with van der Waals surface area (Å²) in [5, 5.41) is 11.1. The van der Waals surface area contributed by atoms with E-state index in [1.54, 1.807) is 0 Å². The van der Waals surface area contributed by atoms with E-state index in [-0.39, 0.29) is 0 Å². The van der Waals surface area contributed by atoms with Crippen molar-refractivity contribution in [3.05, 3.63) is 32.8 Å². The lowest BCUT2D eigenvalue weighted by atomic mass is 10.1. The summed E-state index contributed by atoms with van der Waals surface area (Å²) in [7, 11) is 0. The average molecular weight is 251 g/mol. The Balaban J connectivity index is 2.00. The number of hydrogen-bond acceptors (Lipinski definition) is 5. The summed E-state index contributed by atoms with van der Waals surface area (Å²) in [6.45, 7) is 9.05. The standard InChI is InChI=1S/C12H17N3OS/c1-7-5-11(10(4)17-7)8(2)13-6-12-9(3)14-16-15-12/h5,8,13H,6H2,1-4H3/t8-/m0/s1. The first kappa shape index (κ1) is 12.3. The molecule has 5 heteroatoms. The largest absolute Gasteiger partial charge is 0.304 e. The molecule has 0 radical (unpaired) electrons. The predicted octanol–water partition coefficient (Wildman–Crippen LogP) is 2.91. The Morgan fingerprint density at radius 3 is 2.65 bits per heavy atom. The van der Waals surface area contributed by atoms with Gasteiger partial charge in [0.05, 0.1) is 0 Å². The molecule has 2 aromatic rings. The van der Waals surface area contributed by atoms with Crippen molar-refractivity contribution in [1.29, 1.82) is 0 Å². The van der Waals surface area contributed by atoms with Gasteiger partial charge in [-0.25, -0.2) is 4.63 Å². The number of aryl methyl sites for hydroxylation is 3. The SMILES string of the molecule is Cc1cc([C@H](C)NCc2nonc2C)c(C)s1. The summed E-state index contributed by atoms with van der Waals surface area (Å²) in [5.41, 5.74) is 3.09. The summed E-state index contributed by atoms with van der Waals surface area (Å²) in [6.07, 6.45) is 0. The Morgan fingerprint density at radius 2 is 2.12 bits per heavy atom. The minimum absolute atomic E-state index is 0.316. The van der Waals surface area contributed by atoms with Crippen LogP contribution in [0.15, 0.2) is 10.7 Å². The minimum atomic E-state index is 0.316. The first-order chi connectivity index (χ1) is 8.08. The lowest BCUT2D eigenvalue weighted by Crippen LogP contribution is -2.18. The van der Waals surface area contributed by atoms with Gasteiger partial charge in [0.15, 0.2) is 0 Å². The van der Waals surface area contributed by atoms with Crippen molar-refractivity contribution in [2.24, 2.45) is 0 Å². The molecular weight excluding hydrogens is 234 g/mol. The topological polar surface area (TPSA) is 51.0 Å². The van der Waals surface area contributed by atoms with Gasteiger partial charge in [-0.3, -0.25) is 0 Å². The summed E-state index contributed by atoms with van der Waals surface area (Å²) in [4.78, 5) is 2.72. The summed E-state index contributed by atoms with van der Waals surface area (Å²) >= 11 is 1.84. The van der Waals surface area contributed by atoms with Crippen LogP contribution in [0.1, 0.15) is 39.7 Å². The Bertz CT molecular complexity index is 504. The highest BCUT2D eigenvalue weighted by atomic mass is 32.1. The number of thiophene rings is 1. The van der Waals surface area contributed by atoms with Gasteiger partial charge in [0.2, 0.25) is 0 Å². The maximum absolute atomic E-state index is 4.67. The van der Waals surface area contributed by atoms with Crippen LogP contribution in [0, 0.1) is 20.8 Å². The summed E-state index contributed by atoms with van der Waals surface area (Å²) < 4.78 is 4.67. The third kappa shape index (κ3) is 2.73. The molecule has 1 atom stereocenters. The van der Waals surface area contributed by atoms with Crippen molar-refractivity contribution in [2.75, 3.05) is 0 Å². The van der Waals surface area contributed by atoms with Crippen molar-refractivity contribution in [1.82, 2.24) is 15.6 Å². The molecule has 0 aliphatic carbocycles. The fraction of sp³-hybridized carbons (Fsp3) is 0.500. The molecule has 0 aromatic carbocycles. The van der Waals surface area contributed by atoms with E-state index in [1.165, 1.54) is 15.3 Å². The van der Waals surface area contributed by atoms with Gasteiger partial charge in [-0.1, -0.05) is 10.3 Å². The number of hydrogen-bond donors (Lipinski definition) is 1. The van der Waals surface area contributed by atoms with Crippen molar-refractivity contribution in [2.45, 2.75) is 40.3 Å². The molecule has 17 heavy (non-hydrogen) atoms. The van der Waals surface area contributed by atoms with Gasteiger partial charge in [0.25, 0.3) is 0 Å². The third-order valence-corrected chi connectivity index (χ3v) is 3.85. The predicted molar refractivity (Wildman–Crippen MR) is 68.1 cm³/mol. The van der Waals surface area contributed by atoms with E-state index < -0.39 is 0 Å². The lowest BCUT2D eigenvalue weighted by Gasteiger charge is -2.12. The second kappa shape index (κ2) is 4.98. The zero-order valence-electron chi connectivity index (χ0n) is 10.6. The fourth-order valence-corrected chi connectivity index (χ4v) is 2.87. The molecule has 0 aliphatic heterocycles. The van der Waals surface area contributed by atoms with Crippen LogP contribution in [0.5, 0.6) is 0 Å². The van der Waals surface area contributed by atoms with Gasteiger partial charge in [-0.05, 0) is 39.3 Å². The van der Waals surface area contributed by atoms with Crippen molar-refractivity contribution in [3.63, 3.8) is 0 Å². The van der Waals surface area contributed by atoms with E-state index in [0.29, 0.717) is 12.6 Å². The first-order valence-corrected chi connectivity index (χ1v) is 6.48. The number of aromatic nitrogens is 2. The van der Waals surface area contributed by atoms with E-state index in [4.69, 9.17) is 0 Å². The normalized spacial score (nSPS) is 12.9. The van der Waals surface area contributed by atoms with Gasteiger partial charge < -0.3 is 5.32 Å². The molecule has 0 fully saturated rings. The zero-order chi connectivity index (χ0) is 12.4. The minimum Gasteiger partial charge on any atom is -0.304 e. The van der Waals surface area contributed by atoms with Crippen LogP contribution >= 0.6 is 11.3 Å². The monoisotopic (exact) mass is 251 g/mol. The van der Waals surface area contributed by atoms with Gasteiger partial charge in [0, 0.05) is 22.3 Å². The highest BCUT2D eigenvalue weighted by Gasteiger charge is 2.12. The van der Waals surface area contributed by atoms with Crippen molar-refractivity contribution >= 4 is 11.3 Å².